The van der Waals surface area contributed by atoms with Crippen molar-refractivity contribution in [1.29, 1.82) is 0 Å². The maximum absolute atomic E-state index is 11.3. The van der Waals surface area contributed by atoms with Gasteiger partial charge in [-0.2, -0.15) is 0 Å². The van der Waals surface area contributed by atoms with E-state index in [-0.39, 0.29) is 6.09 Å². The van der Waals surface area contributed by atoms with Crippen LogP contribution in [-0.2, 0) is 9.47 Å². The van der Waals surface area contributed by atoms with Crippen molar-refractivity contribution in [2.45, 2.75) is 33.3 Å². The third kappa shape index (κ3) is 13.7. The highest BCUT2D eigenvalue weighted by Gasteiger charge is 2.15. The van der Waals surface area contributed by atoms with E-state index in [9.17, 15) is 9.59 Å². The van der Waals surface area contributed by atoms with Gasteiger partial charge in [-0.3, -0.25) is 0 Å². The molecule has 0 aromatic heterocycles. The molecule has 0 heterocycles. The minimum atomic E-state index is -0.470. The van der Waals surface area contributed by atoms with E-state index in [1.165, 1.54) is 0 Å². The van der Waals surface area contributed by atoms with Crippen LogP contribution in [0.4, 0.5) is 9.59 Å². The highest BCUT2D eigenvalue weighted by Crippen LogP contribution is 2.19. The molecule has 2 amide bonds. The summed E-state index contributed by atoms with van der Waals surface area (Å²) in [5, 5.41) is 5.22. The lowest BCUT2D eigenvalue weighted by Gasteiger charge is -2.19. The fraction of sp³-hybridized carbons (Fsp3) is 0.833. The van der Waals surface area contributed by atoms with E-state index >= 15 is 0 Å². The summed E-state index contributed by atoms with van der Waals surface area (Å²) in [5.74, 6) is 1.49. The molecule has 0 unspecified atom stereocenters. The molecule has 0 radical (unpaired) electrons. The minimum Gasteiger partial charge on any atom is -0.449 e. The molecule has 118 valence electrons. The van der Waals surface area contributed by atoms with Crippen LogP contribution in [0.25, 0.3) is 0 Å². The Balaban J connectivity index is 3.33. The van der Waals surface area contributed by atoms with Crippen LogP contribution in [0, 0.1) is 0 Å². The molecule has 0 aliphatic carbocycles. The largest absolute Gasteiger partial charge is 0.449 e. The normalized spacial score (nSPS) is 10.8. The zero-order valence-electron chi connectivity index (χ0n) is 12.5. The number of nitrogens with one attached hydrogen (secondary N) is 2. The lowest BCUT2D eigenvalue weighted by Crippen LogP contribution is -2.33. The van der Waals surface area contributed by atoms with Gasteiger partial charge in [-0.1, -0.05) is 21.6 Å². The Morgan fingerprint density at radius 3 is 2.30 bits per heavy atom. The Labute approximate surface area is 128 Å². The van der Waals surface area contributed by atoms with Crippen molar-refractivity contribution in [2.24, 2.45) is 0 Å². The summed E-state index contributed by atoms with van der Waals surface area (Å²) >= 11 is 0. The Hall–Kier alpha value is -0.760. The van der Waals surface area contributed by atoms with Crippen molar-refractivity contribution in [3.8, 4) is 0 Å². The minimum absolute atomic E-state index is 0.378. The molecule has 0 atom stereocenters. The average molecular weight is 324 g/mol. The second-order valence-corrected chi connectivity index (χ2v) is 7.44. The summed E-state index contributed by atoms with van der Waals surface area (Å²) in [5.41, 5.74) is -0.470. The smallest absolute Gasteiger partial charge is 0.407 e. The second-order valence-electron chi connectivity index (χ2n) is 4.74. The van der Waals surface area contributed by atoms with Crippen molar-refractivity contribution < 1.29 is 19.1 Å². The van der Waals surface area contributed by atoms with Crippen LogP contribution in [0.5, 0.6) is 0 Å². The number of hydrogen-bond acceptors (Lipinski definition) is 6. The molecule has 0 saturated heterocycles. The van der Waals surface area contributed by atoms with Crippen LogP contribution in [0.2, 0.25) is 0 Å². The van der Waals surface area contributed by atoms with Crippen LogP contribution in [0.15, 0.2) is 0 Å². The molecule has 6 nitrogen and oxygen atoms in total. The summed E-state index contributed by atoms with van der Waals surface area (Å²) < 4.78 is 10.0. The molecule has 20 heavy (non-hydrogen) atoms. The van der Waals surface area contributed by atoms with Crippen molar-refractivity contribution in [3.63, 3.8) is 0 Å². The average Bonchev–Trinajstić information content (AvgIpc) is 2.30. The van der Waals surface area contributed by atoms with Crippen LogP contribution in [-0.4, -0.2) is 49.0 Å². The van der Waals surface area contributed by atoms with Crippen LogP contribution in [0.1, 0.15) is 27.7 Å². The van der Waals surface area contributed by atoms with E-state index < -0.39 is 11.7 Å². The van der Waals surface area contributed by atoms with Gasteiger partial charge in [0.15, 0.2) is 0 Å². The summed E-state index contributed by atoms with van der Waals surface area (Å²) in [6, 6.07) is 0. The van der Waals surface area contributed by atoms with E-state index in [0.29, 0.717) is 25.4 Å². The van der Waals surface area contributed by atoms with E-state index in [1.807, 2.05) is 27.7 Å². The quantitative estimate of drug-likeness (QED) is 0.528. The van der Waals surface area contributed by atoms with Crippen molar-refractivity contribution in [1.82, 2.24) is 10.6 Å². The maximum atomic E-state index is 11.3. The third-order valence-electron chi connectivity index (χ3n) is 1.66. The van der Waals surface area contributed by atoms with E-state index in [4.69, 9.17) is 9.47 Å². The number of ether oxygens (including phenoxy) is 2. The Bertz CT molecular complexity index is 296. The molecule has 0 fully saturated rings. The van der Waals surface area contributed by atoms with E-state index in [2.05, 4.69) is 10.6 Å². The van der Waals surface area contributed by atoms with Gasteiger partial charge in [0.1, 0.15) is 12.2 Å². The first kappa shape index (κ1) is 19.2. The van der Waals surface area contributed by atoms with Gasteiger partial charge < -0.3 is 20.1 Å². The number of carbonyl (C=O) groups excluding carboxylic acids is 2. The van der Waals surface area contributed by atoms with Crippen LogP contribution >= 0.6 is 21.6 Å². The molecule has 0 aliphatic rings. The molecule has 8 heteroatoms. The Morgan fingerprint density at radius 1 is 1.05 bits per heavy atom. The van der Waals surface area contributed by atoms with Crippen molar-refractivity contribution >= 4 is 33.8 Å². The first-order valence-electron chi connectivity index (χ1n) is 6.47. The number of rotatable bonds is 8. The standard InChI is InChI=1S/C12H24N2O4S2/c1-5-13-10(15)17-7-9-20-19-8-6-14-11(16)18-12(2,3)4/h5-9H2,1-4H3,(H,13,15)(H,14,16). The molecule has 2 N–H and O–H groups in total. The van der Waals surface area contributed by atoms with Gasteiger partial charge in [-0.25, -0.2) is 9.59 Å². The monoisotopic (exact) mass is 324 g/mol. The number of hydrogen-bond donors (Lipinski definition) is 2. The summed E-state index contributed by atoms with van der Waals surface area (Å²) in [6.45, 7) is 8.80. The topological polar surface area (TPSA) is 76.7 Å². The molecule has 0 spiro atoms. The lowest BCUT2D eigenvalue weighted by atomic mass is 10.2. The van der Waals surface area contributed by atoms with Crippen molar-refractivity contribution in [2.75, 3.05) is 31.2 Å². The number of alkyl carbamates (subject to hydrolysis) is 2. The van der Waals surface area contributed by atoms with E-state index in [1.54, 1.807) is 21.6 Å². The molecule has 0 bridgehead atoms. The Kier molecular flexibility index (Phi) is 10.5. The lowest BCUT2D eigenvalue weighted by molar-refractivity contribution is 0.0531. The maximum Gasteiger partial charge on any atom is 0.407 e. The number of amides is 2. The highest BCUT2D eigenvalue weighted by molar-refractivity contribution is 8.76. The van der Waals surface area contributed by atoms with Crippen LogP contribution < -0.4 is 10.6 Å². The van der Waals surface area contributed by atoms with Gasteiger partial charge in [-0.15, -0.1) is 0 Å². The van der Waals surface area contributed by atoms with Gasteiger partial charge in [0.25, 0.3) is 0 Å². The first-order chi connectivity index (χ1) is 9.35. The van der Waals surface area contributed by atoms with Gasteiger partial charge in [-0.05, 0) is 27.7 Å². The SMILES string of the molecule is CCNC(=O)OCCSSCCNC(=O)OC(C)(C)C. The zero-order chi connectivity index (χ0) is 15.4. The van der Waals surface area contributed by atoms with Gasteiger partial charge in [0, 0.05) is 24.6 Å². The Morgan fingerprint density at radius 2 is 1.70 bits per heavy atom. The second kappa shape index (κ2) is 11.0. The summed E-state index contributed by atoms with van der Waals surface area (Å²) in [6.07, 6.45) is -0.785. The molecule has 0 aromatic carbocycles. The van der Waals surface area contributed by atoms with Crippen LogP contribution in [0.3, 0.4) is 0 Å². The summed E-state index contributed by atoms with van der Waals surface area (Å²) in [7, 11) is 3.21. The van der Waals surface area contributed by atoms with Gasteiger partial charge in [0.2, 0.25) is 0 Å². The van der Waals surface area contributed by atoms with Crippen molar-refractivity contribution in [3.05, 3.63) is 0 Å². The number of carbonyl (C=O) groups is 2. The summed E-state index contributed by atoms with van der Waals surface area (Å²) in [4.78, 5) is 22.3. The predicted octanol–water partition coefficient (Wildman–Crippen LogP) is 2.64. The first-order valence-corrected chi connectivity index (χ1v) is 8.96. The highest BCUT2D eigenvalue weighted by atomic mass is 33.1. The van der Waals surface area contributed by atoms with E-state index in [0.717, 1.165) is 5.75 Å². The molecule has 0 aromatic rings. The molecular formula is C12H24N2O4S2. The molecule has 0 aliphatic heterocycles. The molecule has 0 saturated carbocycles. The van der Waals surface area contributed by atoms with Gasteiger partial charge in [0.05, 0.1) is 0 Å². The molecular weight excluding hydrogens is 300 g/mol. The zero-order valence-corrected chi connectivity index (χ0v) is 14.1. The predicted molar refractivity (Wildman–Crippen MR) is 84.2 cm³/mol. The fourth-order valence-electron chi connectivity index (χ4n) is 0.991. The third-order valence-corrected chi connectivity index (χ3v) is 4.03. The van der Waals surface area contributed by atoms with Gasteiger partial charge >= 0.3 is 12.2 Å². The molecule has 0 rings (SSSR count). The fourth-order valence-corrected chi connectivity index (χ4v) is 2.72.